The molecule has 0 atom stereocenters. The normalized spacial score (nSPS) is 17.8. The van der Waals surface area contributed by atoms with Crippen LogP contribution in [0.4, 0.5) is 0 Å². The minimum absolute atomic E-state index is 0.0968. The predicted molar refractivity (Wildman–Crippen MR) is 91.1 cm³/mol. The quantitative estimate of drug-likeness (QED) is 0.805. The fourth-order valence-electron chi connectivity index (χ4n) is 3.23. The Labute approximate surface area is 145 Å². The SMILES string of the molecule is Cc1ccc(=O)n(CC2CN(S(=O)(=O)c3ccc4c(c3)CCO4)C2)n1. The minimum Gasteiger partial charge on any atom is -0.493 e. The van der Waals surface area contributed by atoms with E-state index in [1.807, 2.05) is 6.92 Å². The lowest BCUT2D eigenvalue weighted by atomic mass is 10.0. The molecule has 0 unspecified atom stereocenters. The molecule has 7 nitrogen and oxygen atoms in total. The van der Waals surface area contributed by atoms with Gasteiger partial charge in [0, 0.05) is 31.5 Å². The summed E-state index contributed by atoms with van der Waals surface area (Å²) in [6.07, 6.45) is 0.739. The molecule has 0 N–H and O–H groups in total. The van der Waals surface area contributed by atoms with Crippen LogP contribution < -0.4 is 10.3 Å². The van der Waals surface area contributed by atoms with Crippen LogP contribution in [0, 0.1) is 12.8 Å². The van der Waals surface area contributed by atoms with E-state index in [0.29, 0.717) is 31.1 Å². The number of hydrogen-bond donors (Lipinski definition) is 0. The third kappa shape index (κ3) is 2.96. The molecule has 0 aliphatic carbocycles. The Hall–Kier alpha value is -2.19. The topological polar surface area (TPSA) is 81.5 Å². The largest absolute Gasteiger partial charge is 0.493 e. The van der Waals surface area contributed by atoms with Gasteiger partial charge in [0.05, 0.1) is 23.7 Å². The zero-order valence-electron chi connectivity index (χ0n) is 13.9. The van der Waals surface area contributed by atoms with Crippen molar-refractivity contribution < 1.29 is 13.2 Å². The Morgan fingerprint density at radius 3 is 2.84 bits per heavy atom. The highest BCUT2D eigenvalue weighted by atomic mass is 32.2. The first-order chi connectivity index (χ1) is 11.9. The van der Waals surface area contributed by atoms with Gasteiger partial charge in [-0.25, -0.2) is 13.1 Å². The molecule has 25 heavy (non-hydrogen) atoms. The van der Waals surface area contributed by atoms with Gasteiger partial charge in [0.25, 0.3) is 5.56 Å². The monoisotopic (exact) mass is 361 g/mol. The number of sulfonamides is 1. The third-order valence-electron chi connectivity index (χ3n) is 4.65. The zero-order valence-corrected chi connectivity index (χ0v) is 14.7. The highest BCUT2D eigenvalue weighted by Crippen LogP contribution is 2.31. The van der Waals surface area contributed by atoms with Crippen molar-refractivity contribution in [2.24, 2.45) is 5.92 Å². The van der Waals surface area contributed by atoms with Crippen LogP contribution in [0.1, 0.15) is 11.3 Å². The van der Waals surface area contributed by atoms with Crippen molar-refractivity contribution in [3.63, 3.8) is 0 Å². The number of nitrogens with zero attached hydrogens (tertiary/aromatic N) is 3. The van der Waals surface area contributed by atoms with Crippen LogP contribution in [-0.2, 0) is 23.0 Å². The van der Waals surface area contributed by atoms with Gasteiger partial charge < -0.3 is 4.74 Å². The Bertz CT molecular complexity index is 978. The van der Waals surface area contributed by atoms with Gasteiger partial charge in [-0.05, 0) is 36.8 Å². The van der Waals surface area contributed by atoms with E-state index in [9.17, 15) is 13.2 Å². The zero-order chi connectivity index (χ0) is 17.6. The van der Waals surface area contributed by atoms with E-state index in [2.05, 4.69) is 5.10 Å². The average molecular weight is 361 g/mol. The molecule has 0 amide bonds. The van der Waals surface area contributed by atoms with Gasteiger partial charge in [-0.2, -0.15) is 9.40 Å². The number of ether oxygens (including phenoxy) is 1. The lowest BCUT2D eigenvalue weighted by Gasteiger charge is -2.38. The first-order valence-corrected chi connectivity index (χ1v) is 9.68. The van der Waals surface area contributed by atoms with Crippen LogP contribution in [0.15, 0.2) is 40.0 Å². The summed E-state index contributed by atoms with van der Waals surface area (Å²) in [5.41, 5.74) is 1.54. The Kier molecular flexibility index (Phi) is 3.88. The molecule has 1 aromatic heterocycles. The summed E-state index contributed by atoms with van der Waals surface area (Å²) in [5, 5.41) is 4.20. The highest BCUT2D eigenvalue weighted by Gasteiger charge is 2.37. The molecule has 3 heterocycles. The van der Waals surface area contributed by atoms with Gasteiger partial charge >= 0.3 is 0 Å². The third-order valence-corrected chi connectivity index (χ3v) is 6.48. The first-order valence-electron chi connectivity index (χ1n) is 8.24. The van der Waals surface area contributed by atoms with Gasteiger partial charge in [-0.3, -0.25) is 4.79 Å². The molecule has 4 rings (SSSR count). The van der Waals surface area contributed by atoms with Crippen molar-refractivity contribution in [2.45, 2.75) is 24.8 Å². The molecular weight excluding hydrogens is 342 g/mol. The first kappa shape index (κ1) is 16.3. The fraction of sp³-hybridized carbons (Fsp3) is 0.412. The van der Waals surface area contributed by atoms with Crippen molar-refractivity contribution in [3.8, 4) is 5.75 Å². The maximum Gasteiger partial charge on any atom is 0.266 e. The van der Waals surface area contributed by atoms with Gasteiger partial charge in [-0.1, -0.05) is 0 Å². The molecular formula is C17H19N3O4S. The van der Waals surface area contributed by atoms with E-state index in [4.69, 9.17) is 4.74 Å². The summed E-state index contributed by atoms with van der Waals surface area (Å²) in [6, 6.07) is 8.19. The standard InChI is InChI=1S/C17H19N3O4S/c1-12-2-5-17(21)20(18-12)11-13-9-19(10-13)25(22,23)15-3-4-16-14(8-15)6-7-24-16/h2-5,8,13H,6-7,9-11H2,1H3. The van der Waals surface area contributed by atoms with Crippen molar-refractivity contribution in [1.82, 2.24) is 14.1 Å². The van der Waals surface area contributed by atoms with E-state index in [0.717, 1.165) is 23.4 Å². The van der Waals surface area contributed by atoms with E-state index >= 15 is 0 Å². The molecule has 132 valence electrons. The average Bonchev–Trinajstić information content (AvgIpc) is 3.01. The lowest BCUT2D eigenvalue weighted by Crippen LogP contribution is -2.52. The second kappa shape index (κ2) is 5.96. The molecule has 1 saturated heterocycles. The van der Waals surface area contributed by atoms with Crippen LogP contribution in [0.2, 0.25) is 0 Å². The molecule has 0 spiro atoms. The summed E-state index contributed by atoms with van der Waals surface area (Å²) in [4.78, 5) is 12.1. The van der Waals surface area contributed by atoms with Crippen molar-refractivity contribution >= 4 is 10.0 Å². The van der Waals surface area contributed by atoms with Gasteiger partial charge in [0.1, 0.15) is 5.75 Å². The van der Waals surface area contributed by atoms with Crippen LogP contribution in [0.3, 0.4) is 0 Å². The van der Waals surface area contributed by atoms with Crippen LogP contribution in [0.25, 0.3) is 0 Å². The van der Waals surface area contributed by atoms with Crippen LogP contribution in [0.5, 0.6) is 5.75 Å². The molecule has 0 saturated carbocycles. The smallest absolute Gasteiger partial charge is 0.266 e. The molecule has 0 radical (unpaired) electrons. The molecule has 2 aliphatic heterocycles. The maximum absolute atomic E-state index is 12.7. The van der Waals surface area contributed by atoms with E-state index < -0.39 is 10.0 Å². The number of rotatable bonds is 4. The summed E-state index contributed by atoms with van der Waals surface area (Å²) in [5.74, 6) is 0.866. The van der Waals surface area contributed by atoms with Crippen LogP contribution in [-0.4, -0.2) is 42.2 Å². The molecule has 2 aliphatic rings. The Morgan fingerprint density at radius 2 is 2.04 bits per heavy atom. The van der Waals surface area contributed by atoms with Crippen molar-refractivity contribution in [2.75, 3.05) is 19.7 Å². The summed E-state index contributed by atoms with van der Waals surface area (Å²) >= 11 is 0. The summed E-state index contributed by atoms with van der Waals surface area (Å²) in [6.45, 7) is 3.66. The summed E-state index contributed by atoms with van der Waals surface area (Å²) in [7, 11) is -3.50. The second-order valence-electron chi connectivity index (χ2n) is 6.55. The number of benzene rings is 1. The summed E-state index contributed by atoms with van der Waals surface area (Å²) < 4.78 is 33.8. The van der Waals surface area contributed by atoms with Crippen molar-refractivity contribution in [1.29, 1.82) is 0 Å². The minimum atomic E-state index is -3.50. The number of aromatic nitrogens is 2. The number of aryl methyl sites for hydroxylation is 1. The second-order valence-corrected chi connectivity index (χ2v) is 8.49. The van der Waals surface area contributed by atoms with Gasteiger partial charge in [0.2, 0.25) is 10.0 Å². The molecule has 1 fully saturated rings. The van der Waals surface area contributed by atoms with E-state index in [-0.39, 0.29) is 11.5 Å². The molecule has 0 bridgehead atoms. The number of fused-ring (bicyclic) bond motifs is 1. The molecule has 8 heteroatoms. The highest BCUT2D eigenvalue weighted by molar-refractivity contribution is 7.89. The maximum atomic E-state index is 12.7. The Balaban J connectivity index is 1.46. The van der Waals surface area contributed by atoms with Gasteiger partial charge in [-0.15, -0.1) is 0 Å². The van der Waals surface area contributed by atoms with Crippen LogP contribution >= 0.6 is 0 Å². The fourth-order valence-corrected chi connectivity index (χ4v) is 4.88. The Morgan fingerprint density at radius 1 is 1.24 bits per heavy atom. The van der Waals surface area contributed by atoms with E-state index in [1.165, 1.54) is 15.1 Å². The molecule has 1 aromatic carbocycles. The van der Waals surface area contributed by atoms with Gasteiger partial charge in [0.15, 0.2) is 0 Å². The number of hydrogen-bond acceptors (Lipinski definition) is 5. The van der Waals surface area contributed by atoms with Crippen molar-refractivity contribution in [3.05, 3.63) is 51.9 Å². The van der Waals surface area contributed by atoms with E-state index in [1.54, 1.807) is 24.3 Å². The predicted octanol–water partition coefficient (Wildman–Crippen LogP) is 0.807. The molecule has 2 aromatic rings. The lowest BCUT2D eigenvalue weighted by molar-refractivity contribution is 0.172.